The van der Waals surface area contributed by atoms with Crippen molar-refractivity contribution in [2.75, 3.05) is 18.5 Å². The highest BCUT2D eigenvalue weighted by Crippen LogP contribution is 2.03. The molecule has 0 fully saturated rings. The quantitative estimate of drug-likeness (QED) is 0.594. The molecule has 0 spiro atoms. The number of benzene rings is 1. The summed E-state index contributed by atoms with van der Waals surface area (Å²) in [6.45, 7) is 1.42. The summed E-state index contributed by atoms with van der Waals surface area (Å²) in [6.07, 6.45) is 0. The van der Waals surface area contributed by atoms with Crippen molar-refractivity contribution in [1.29, 1.82) is 0 Å². The Kier molecular flexibility index (Phi) is 5.37. The average Bonchev–Trinajstić information content (AvgIpc) is 2.37. The van der Waals surface area contributed by atoms with Gasteiger partial charge in [0, 0.05) is 5.69 Å². The predicted octanol–water partition coefficient (Wildman–Crippen LogP) is 0.304. The van der Waals surface area contributed by atoms with Crippen molar-refractivity contribution < 1.29 is 19.1 Å². The highest BCUT2D eigenvalue weighted by molar-refractivity contribution is 6.32. The molecule has 0 aliphatic carbocycles. The summed E-state index contributed by atoms with van der Waals surface area (Å²) in [5, 5.41) is 4.72. The molecule has 1 aromatic carbocycles. The van der Waals surface area contributed by atoms with E-state index in [9.17, 15) is 14.4 Å². The number of carbonyl (C=O) groups excluding carboxylic acids is 3. The molecule has 2 N–H and O–H groups in total. The number of carbonyl (C=O) groups is 3. The summed E-state index contributed by atoms with van der Waals surface area (Å²) in [4.78, 5) is 33.5. The van der Waals surface area contributed by atoms with Crippen molar-refractivity contribution in [2.45, 2.75) is 6.92 Å². The van der Waals surface area contributed by atoms with Crippen LogP contribution in [0, 0.1) is 0 Å². The molecule has 96 valence electrons. The number of nitrogens with one attached hydrogen (secondary N) is 2. The first-order valence-corrected chi connectivity index (χ1v) is 5.43. The number of anilines is 1. The molecule has 0 aromatic heterocycles. The van der Waals surface area contributed by atoms with Gasteiger partial charge in [-0.1, -0.05) is 18.2 Å². The van der Waals surface area contributed by atoms with E-state index in [4.69, 9.17) is 0 Å². The zero-order valence-corrected chi connectivity index (χ0v) is 9.93. The van der Waals surface area contributed by atoms with E-state index < -0.39 is 17.8 Å². The molecule has 2 amide bonds. The molecule has 0 saturated carbocycles. The normalized spacial score (nSPS) is 9.39. The van der Waals surface area contributed by atoms with Crippen molar-refractivity contribution in [1.82, 2.24) is 5.32 Å². The second-order valence-corrected chi connectivity index (χ2v) is 3.32. The maximum Gasteiger partial charge on any atom is 0.396 e. The van der Waals surface area contributed by atoms with Gasteiger partial charge in [0.05, 0.1) is 13.2 Å². The monoisotopic (exact) mass is 250 g/mol. The van der Waals surface area contributed by atoms with E-state index >= 15 is 0 Å². The van der Waals surface area contributed by atoms with Crippen molar-refractivity contribution in [3.05, 3.63) is 30.3 Å². The summed E-state index contributed by atoms with van der Waals surface area (Å²) >= 11 is 0. The Hall–Kier alpha value is -2.37. The van der Waals surface area contributed by atoms with Crippen LogP contribution in [0.15, 0.2) is 30.3 Å². The molecule has 1 aromatic rings. The number of rotatable bonds is 4. The van der Waals surface area contributed by atoms with Gasteiger partial charge >= 0.3 is 11.9 Å². The number of para-hydroxylation sites is 1. The van der Waals surface area contributed by atoms with Crippen LogP contribution in [0.3, 0.4) is 0 Å². The first-order valence-electron chi connectivity index (χ1n) is 5.43. The fraction of sp³-hybridized carbons (Fsp3) is 0.250. The summed E-state index contributed by atoms with van der Waals surface area (Å²) < 4.78 is 4.47. The largest absolute Gasteiger partial charge is 0.459 e. The Morgan fingerprint density at radius 1 is 1.17 bits per heavy atom. The maximum absolute atomic E-state index is 11.4. The fourth-order valence-electron chi connectivity index (χ4n) is 1.16. The molecule has 6 nitrogen and oxygen atoms in total. The second kappa shape index (κ2) is 7.05. The van der Waals surface area contributed by atoms with E-state index in [0.717, 1.165) is 0 Å². The van der Waals surface area contributed by atoms with Gasteiger partial charge in [0.1, 0.15) is 0 Å². The number of amides is 2. The van der Waals surface area contributed by atoms with Gasteiger partial charge in [-0.15, -0.1) is 0 Å². The molecule has 0 aliphatic rings. The minimum absolute atomic E-state index is 0.114. The lowest BCUT2D eigenvalue weighted by molar-refractivity contribution is -0.154. The van der Waals surface area contributed by atoms with Gasteiger partial charge in [0.15, 0.2) is 0 Å². The van der Waals surface area contributed by atoms with Crippen molar-refractivity contribution >= 4 is 23.5 Å². The van der Waals surface area contributed by atoms with Crippen molar-refractivity contribution in [3.63, 3.8) is 0 Å². The summed E-state index contributed by atoms with van der Waals surface area (Å²) in [5.74, 6) is -2.34. The predicted molar refractivity (Wildman–Crippen MR) is 64.7 cm³/mol. The third kappa shape index (κ3) is 4.65. The Morgan fingerprint density at radius 2 is 1.83 bits per heavy atom. The molecule has 0 aliphatic heterocycles. The van der Waals surface area contributed by atoms with E-state index in [0.29, 0.717) is 5.69 Å². The Balaban J connectivity index is 2.33. The zero-order valence-electron chi connectivity index (χ0n) is 9.93. The number of hydrogen-bond donors (Lipinski definition) is 2. The number of ether oxygens (including phenoxy) is 1. The van der Waals surface area contributed by atoms with Gasteiger partial charge in [-0.25, -0.2) is 4.79 Å². The summed E-state index contributed by atoms with van der Waals surface area (Å²) in [7, 11) is 0. The molecule has 0 heterocycles. The topological polar surface area (TPSA) is 84.5 Å². The summed E-state index contributed by atoms with van der Waals surface area (Å²) in [6, 6.07) is 8.79. The van der Waals surface area contributed by atoms with Gasteiger partial charge < -0.3 is 15.4 Å². The van der Waals surface area contributed by atoms with E-state index in [1.807, 2.05) is 6.07 Å². The highest BCUT2D eigenvalue weighted by atomic mass is 16.5. The number of esters is 1. The molecule has 6 heteroatoms. The third-order valence-electron chi connectivity index (χ3n) is 1.93. The van der Waals surface area contributed by atoms with Crippen molar-refractivity contribution in [3.8, 4) is 0 Å². The van der Waals surface area contributed by atoms with E-state index in [1.54, 1.807) is 31.2 Å². The lowest BCUT2D eigenvalue weighted by Crippen LogP contribution is -2.38. The maximum atomic E-state index is 11.4. The van der Waals surface area contributed by atoms with Crippen molar-refractivity contribution in [2.24, 2.45) is 0 Å². The molecule has 0 unspecified atom stereocenters. The van der Waals surface area contributed by atoms with Crippen LogP contribution in [0.5, 0.6) is 0 Å². The third-order valence-corrected chi connectivity index (χ3v) is 1.93. The first-order chi connectivity index (χ1) is 8.63. The minimum Gasteiger partial charge on any atom is -0.459 e. The molecular weight excluding hydrogens is 236 g/mol. The Morgan fingerprint density at radius 3 is 2.44 bits per heavy atom. The van der Waals surface area contributed by atoms with Crippen LogP contribution in [-0.2, 0) is 19.1 Å². The van der Waals surface area contributed by atoms with E-state index in [2.05, 4.69) is 15.4 Å². The SMILES string of the molecule is CCOC(=O)C(=O)NCC(=O)Nc1ccccc1. The minimum atomic E-state index is -0.995. The van der Waals surface area contributed by atoms with Gasteiger partial charge in [0.2, 0.25) is 5.91 Å². The van der Waals surface area contributed by atoms with E-state index in [-0.39, 0.29) is 13.2 Å². The molecule has 0 bridgehead atoms. The van der Waals surface area contributed by atoms with Crippen LogP contribution in [-0.4, -0.2) is 30.9 Å². The average molecular weight is 250 g/mol. The van der Waals surface area contributed by atoms with Crippen LogP contribution < -0.4 is 10.6 Å². The van der Waals surface area contributed by atoms with Crippen LogP contribution >= 0.6 is 0 Å². The molecule has 1 rings (SSSR count). The standard InChI is InChI=1S/C12H14N2O4/c1-2-18-12(17)11(16)13-8-10(15)14-9-6-4-3-5-7-9/h3-7H,2,8H2,1H3,(H,13,16)(H,14,15). The fourth-order valence-corrected chi connectivity index (χ4v) is 1.16. The number of hydrogen-bond acceptors (Lipinski definition) is 4. The lowest BCUT2D eigenvalue weighted by atomic mass is 10.3. The van der Waals surface area contributed by atoms with Gasteiger partial charge in [-0.05, 0) is 19.1 Å². The molecular formula is C12H14N2O4. The van der Waals surface area contributed by atoms with Gasteiger partial charge in [-0.3, -0.25) is 9.59 Å². The molecule has 0 saturated heterocycles. The van der Waals surface area contributed by atoms with Crippen LogP contribution in [0.25, 0.3) is 0 Å². The van der Waals surface area contributed by atoms with Gasteiger partial charge in [-0.2, -0.15) is 0 Å². The molecule has 0 atom stereocenters. The lowest BCUT2D eigenvalue weighted by Gasteiger charge is -2.06. The van der Waals surface area contributed by atoms with E-state index in [1.165, 1.54) is 0 Å². The highest BCUT2D eigenvalue weighted by Gasteiger charge is 2.15. The van der Waals surface area contributed by atoms with Crippen LogP contribution in [0.4, 0.5) is 5.69 Å². The molecule has 0 radical (unpaired) electrons. The second-order valence-electron chi connectivity index (χ2n) is 3.32. The van der Waals surface area contributed by atoms with Crippen LogP contribution in [0.1, 0.15) is 6.92 Å². The molecule has 18 heavy (non-hydrogen) atoms. The zero-order chi connectivity index (χ0) is 13.4. The smallest absolute Gasteiger partial charge is 0.396 e. The Bertz CT molecular complexity index is 431. The van der Waals surface area contributed by atoms with Crippen LogP contribution in [0.2, 0.25) is 0 Å². The summed E-state index contributed by atoms with van der Waals surface area (Å²) in [5.41, 5.74) is 0.618. The Labute approximate surface area is 104 Å². The van der Waals surface area contributed by atoms with Gasteiger partial charge in [0.25, 0.3) is 0 Å². The first kappa shape index (κ1) is 13.7.